The lowest BCUT2D eigenvalue weighted by molar-refractivity contribution is -0.215. The summed E-state index contributed by atoms with van der Waals surface area (Å²) in [5, 5.41) is 0.618. The van der Waals surface area contributed by atoms with Crippen molar-refractivity contribution in [1.82, 2.24) is 4.98 Å². The Labute approximate surface area is 194 Å². The van der Waals surface area contributed by atoms with Crippen LogP contribution >= 0.6 is 39.7 Å². The average Bonchev–Trinajstić information content (AvgIpc) is 2.70. The molecular weight excluding hydrogens is 572 g/mol. The number of esters is 1. The van der Waals surface area contributed by atoms with E-state index in [1.165, 1.54) is 18.2 Å². The normalized spacial score (nSPS) is 16.9. The largest absolute Gasteiger partial charge is 0.471 e. The Bertz CT molecular complexity index is 979. The van der Waals surface area contributed by atoms with Crippen LogP contribution in [0.5, 0.6) is 5.88 Å². The third kappa shape index (κ3) is 5.61. The van der Waals surface area contributed by atoms with E-state index in [0.717, 1.165) is 0 Å². The van der Waals surface area contributed by atoms with Crippen molar-refractivity contribution in [3.8, 4) is 17.0 Å². The fourth-order valence-electron chi connectivity index (χ4n) is 3.26. The molecule has 1 aliphatic rings. The number of carbonyl (C=O) groups is 1. The maximum absolute atomic E-state index is 14.7. The molecule has 0 amide bonds. The molecular formula is C19H17F4INO4PS. The predicted molar refractivity (Wildman–Crippen MR) is 120 cm³/mol. The van der Waals surface area contributed by atoms with E-state index < -0.39 is 30.2 Å². The number of alkyl halides is 3. The van der Waals surface area contributed by atoms with E-state index in [9.17, 15) is 22.4 Å². The van der Waals surface area contributed by atoms with Crippen LogP contribution in [0.1, 0.15) is 29.4 Å². The number of benzene rings is 1. The molecule has 3 rings (SSSR count). The summed E-state index contributed by atoms with van der Waals surface area (Å²) in [4.78, 5) is 16.4. The van der Waals surface area contributed by atoms with E-state index in [0.29, 0.717) is 25.6 Å². The zero-order valence-electron chi connectivity index (χ0n) is 16.0. The van der Waals surface area contributed by atoms with Gasteiger partial charge >= 0.3 is 12.1 Å². The Morgan fingerprint density at radius 3 is 2.74 bits per heavy atom. The van der Waals surface area contributed by atoms with Crippen molar-refractivity contribution in [2.24, 2.45) is 0 Å². The Hall–Kier alpha value is -1.17. The van der Waals surface area contributed by atoms with Gasteiger partial charge in [0.15, 0.2) is 5.69 Å². The van der Waals surface area contributed by atoms with Crippen LogP contribution in [0.4, 0.5) is 17.6 Å². The van der Waals surface area contributed by atoms with Gasteiger partial charge in [-0.05, 0) is 42.8 Å². The highest BCUT2D eigenvalue weighted by molar-refractivity contribution is 14.2. The van der Waals surface area contributed by atoms with E-state index in [2.05, 4.69) is 14.2 Å². The van der Waals surface area contributed by atoms with Gasteiger partial charge in [-0.2, -0.15) is 13.2 Å². The molecule has 0 N–H and O–H groups in total. The van der Waals surface area contributed by atoms with Crippen molar-refractivity contribution in [1.29, 1.82) is 0 Å². The molecule has 12 heteroatoms. The van der Waals surface area contributed by atoms with Crippen LogP contribution in [0, 0.1) is 5.82 Å². The van der Waals surface area contributed by atoms with Crippen molar-refractivity contribution in [2.75, 3.05) is 6.61 Å². The first-order valence-corrected chi connectivity index (χ1v) is 13.0. The molecule has 2 heterocycles. The van der Waals surface area contributed by atoms with Gasteiger partial charge in [-0.15, -0.1) is 9.24 Å². The Morgan fingerprint density at radius 2 is 2.13 bits per heavy atom. The van der Waals surface area contributed by atoms with Gasteiger partial charge in [0.25, 0.3) is 0 Å². The van der Waals surface area contributed by atoms with Crippen LogP contribution in [0.3, 0.4) is 0 Å². The number of nitrogens with zero attached hydrogens (tertiary/aromatic N) is 1. The Kier molecular flexibility index (Phi) is 8.04. The van der Waals surface area contributed by atoms with Crippen LogP contribution < -0.4 is 10.0 Å². The van der Waals surface area contributed by atoms with Gasteiger partial charge in [0.05, 0.1) is 15.8 Å². The van der Waals surface area contributed by atoms with Crippen LogP contribution in [-0.2, 0) is 15.3 Å². The highest BCUT2D eigenvalue weighted by atomic mass is 127. The maximum Gasteiger partial charge on any atom is 0.419 e. The first kappa shape index (κ1) is 24.5. The van der Waals surface area contributed by atoms with Crippen molar-refractivity contribution < 1.29 is 36.0 Å². The smallest absolute Gasteiger partial charge is 0.419 e. The lowest BCUT2D eigenvalue weighted by Gasteiger charge is -2.32. The third-order valence-electron chi connectivity index (χ3n) is 4.60. The molecule has 0 saturated carbocycles. The summed E-state index contributed by atoms with van der Waals surface area (Å²) in [5.41, 5.74) is 0.742. The van der Waals surface area contributed by atoms with Gasteiger partial charge in [0.1, 0.15) is 11.9 Å². The summed E-state index contributed by atoms with van der Waals surface area (Å²) in [6, 6.07) is 5.87. The zero-order chi connectivity index (χ0) is 22.8. The molecule has 31 heavy (non-hydrogen) atoms. The minimum absolute atomic E-state index is 0.0227. The Balaban J connectivity index is 2.09. The number of hydrogen-bond donors (Lipinski definition) is 0. The molecule has 0 radical (unpaired) electrons. The minimum Gasteiger partial charge on any atom is -0.471 e. The summed E-state index contributed by atoms with van der Waals surface area (Å²) in [7, 11) is 2.93. The molecule has 0 spiro atoms. The maximum atomic E-state index is 14.7. The number of halogens is 5. The Morgan fingerprint density at radius 1 is 1.39 bits per heavy atom. The van der Waals surface area contributed by atoms with E-state index >= 15 is 0 Å². The highest BCUT2D eigenvalue weighted by Crippen LogP contribution is 2.40. The number of pyridine rings is 1. The van der Waals surface area contributed by atoms with E-state index in [1.54, 1.807) is 34.2 Å². The standard InChI is InChI=1S/C19H17F4INO4PS/c1-2-27-18(26)14-8-12(10-4-3-9(30)7-13(10)20)11-5-6-15(28-17(11)25-14)16(29-31-24)19(21,22)23/h3-4,7-8,15-16H,2,5-6,30H2,1H3. The van der Waals surface area contributed by atoms with Crippen LogP contribution in [-0.4, -0.2) is 35.9 Å². The van der Waals surface area contributed by atoms with Gasteiger partial charge in [-0.25, -0.2) is 14.2 Å². The monoisotopic (exact) mass is 589 g/mol. The lowest BCUT2D eigenvalue weighted by atomic mass is 9.92. The van der Waals surface area contributed by atoms with Gasteiger partial charge in [-0.3, -0.25) is 4.18 Å². The summed E-state index contributed by atoms with van der Waals surface area (Å²) < 4.78 is 70.3. The second-order valence-corrected chi connectivity index (χ2v) is 8.68. The molecule has 1 aromatic carbocycles. The van der Waals surface area contributed by atoms with Gasteiger partial charge in [0.2, 0.25) is 12.0 Å². The first-order valence-electron chi connectivity index (χ1n) is 9.09. The third-order valence-corrected chi connectivity index (χ3v) is 5.86. The van der Waals surface area contributed by atoms with Crippen molar-refractivity contribution in [3.05, 3.63) is 41.3 Å². The van der Waals surface area contributed by atoms with Crippen molar-refractivity contribution in [3.63, 3.8) is 0 Å². The van der Waals surface area contributed by atoms with E-state index in [4.69, 9.17) is 13.7 Å². The molecule has 5 nitrogen and oxygen atoms in total. The molecule has 0 fully saturated rings. The molecule has 168 valence electrons. The van der Waals surface area contributed by atoms with Crippen LogP contribution in [0.25, 0.3) is 11.1 Å². The number of aromatic nitrogens is 1. The van der Waals surface area contributed by atoms with Crippen molar-refractivity contribution in [2.45, 2.75) is 38.1 Å². The first-order chi connectivity index (χ1) is 14.7. The van der Waals surface area contributed by atoms with Gasteiger partial charge in [-0.1, -0.05) is 12.1 Å². The fraction of sp³-hybridized carbons (Fsp3) is 0.368. The summed E-state index contributed by atoms with van der Waals surface area (Å²) in [6.45, 7) is 1.68. The summed E-state index contributed by atoms with van der Waals surface area (Å²) in [5.74, 6) is -1.50. The average molecular weight is 589 g/mol. The minimum atomic E-state index is -4.66. The number of rotatable bonds is 6. The quantitative estimate of drug-likeness (QED) is 0.152. The molecule has 1 aliphatic heterocycles. The molecule has 3 atom stereocenters. The molecule has 0 saturated heterocycles. The zero-order valence-corrected chi connectivity index (χ0v) is 20.2. The summed E-state index contributed by atoms with van der Waals surface area (Å²) >= 11 is 1.60. The molecule has 3 unspecified atom stereocenters. The van der Waals surface area contributed by atoms with E-state index in [1.807, 2.05) is 0 Å². The SMILES string of the molecule is CCOC(=O)c1cc(-c2ccc(P)cc2F)c2c(n1)OC(C(OSI)C(F)(F)F)CC2. The predicted octanol–water partition coefficient (Wildman–Crippen LogP) is 5.20. The van der Waals surface area contributed by atoms with Crippen LogP contribution in [0.2, 0.25) is 0 Å². The highest BCUT2D eigenvalue weighted by Gasteiger charge is 2.49. The topological polar surface area (TPSA) is 57.7 Å². The number of carbonyl (C=O) groups excluding carboxylic acids is 1. The second-order valence-electron chi connectivity index (χ2n) is 6.61. The fourth-order valence-corrected chi connectivity index (χ4v) is 4.48. The number of hydrogen-bond acceptors (Lipinski definition) is 6. The second kappa shape index (κ2) is 10.2. The summed E-state index contributed by atoms with van der Waals surface area (Å²) in [6.07, 6.45) is -8.11. The van der Waals surface area contributed by atoms with Crippen LogP contribution in [0.15, 0.2) is 24.3 Å². The van der Waals surface area contributed by atoms with Gasteiger partial charge < -0.3 is 9.47 Å². The van der Waals surface area contributed by atoms with Gasteiger partial charge in [0, 0.05) is 32.3 Å². The molecule has 2 aromatic rings. The van der Waals surface area contributed by atoms with Crippen molar-refractivity contribution >= 4 is 50.9 Å². The number of ether oxygens (including phenoxy) is 2. The molecule has 0 bridgehead atoms. The molecule has 1 aromatic heterocycles. The lowest BCUT2D eigenvalue weighted by Crippen LogP contribution is -2.45. The number of fused-ring (bicyclic) bond motifs is 1. The van der Waals surface area contributed by atoms with E-state index in [-0.39, 0.29) is 36.6 Å². The molecule has 0 aliphatic carbocycles.